The first kappa shape index (κ1) is 16.7. The molecule has 10 heteroatoms. The van der Waals surface area contributed by atoms with Crippen molar-refractivity contribution in [3.8, 4) is 17.0 Å². The van der Waals surface area contributed by atoms with E-state index in [1.807, 2.05) is 0 Å². The number of phenolic OH excluding ortho intramolecular Hbond substituents is 1. The molecule has 0 bridgehead atoms. The van der Waals surface area contributed by atoms with Gasteiger partial charge in [-0.1, -0.05) is 0 Å². The maximum Gasteiger partial charge on any atom is 0.416 e. The molecule has 0 amide bonds. The molecule has 0 fully saturated rings. The lowest BCUT2D eigenvalue weighted by molar-refractivity contribution is -0.137. The molecule has 0 aliphatic carbocycles. The Balaban J connectivity index is 1.83. The SMILES string of the molecule is Cc1nc(NCc2ccn[nH]2)nnc1-c1ccc(C(F)(F)F)cc1O. The van der Waals surface area contributed by atoms with Gasteiger partial charge in [0.1, 0.15) is 11.4 Å². The molecule has 0 aliphatic rings. The summed E-state index contributed by atoms with van der Waals surface area (Å²) < 4.78 is 38.0. The monoisotopic (exact) mass is 350 g/mol. The molecule has 0 atom stereocenters. The average molecular weight is 350 g/mol. The summed E-state index contributed by atoms with van der Waals surface area (Å²) in [5.41, 5.74) is 0.636. The zero-order chi connectivity index (χ0) is 18.0. The summed E-state index contributed by atoms with van der Waals surface area (Å²) in [5.74, 6) is -0.283. The van der Waals surface area contributed by atoms with Crippen molar-refractivity contribution in [2.24, 2.45) is 0 Å². The van der Waals surface area contributed by atoms with Gasteiger partial charge in [-0.25, -0.2) is 4.98 Å². The Morgan fingerprint density at radius 1 is 1.20 bits per heavy atom. The van der Waals surface area contributed by atoms with Crippen molar-refractivity contribution in [2.45, 2.75) is 19.6 Å². The number of aromatic hydroxyl groups is 1. The van der Waals surface area contributed by atoms with Crippen molar-refractivity contribution >= 4 is 5.95 Å². The molecule has 3 N–H and O–H groups in total. The van der Waals surface area contributed by atoms with Crippen LogP contribution in [0.25, 0.3) is 11.3 Å². The maximum absolute atomic E-state index is 12.7. The molecule has 0 spiro atoms. The maximum atomic E-state index is 12.7. The van der Waals surface area contributed by atoms with Gasteiger partial charge in [0.15, 0.2) is 0 Å². The van der Waals surface area contributed by atoms with Crippen LogP contribution in [0.1, 0.15) is 17.0 Å². The van der Waals surface area contributed by atoms with Crippen molar-refractivity contribution in [1.82, 2.24) is 25.4 Å². The highest BCUT2D eigenvalue weighted by atomic mass is 19.4. The minimum Gasteiger partial charge on any atom is -0.507 e. The highest BCUT2D eigenvalue weighted by Gasteiger charge is 2.31. The predicted octanol–water partition coefficient (Wildman–Crippen LogP) is 2.91. The number of nitrogens with zero attached hydrogens (tertiary/aromatic N) is 4. The van der Waals surface area contributed by atoms with Gasteiger partial charge in [0, 0.05) is 11.8 Å². The first-order chi connectivity index (χ1) is 11.8. The van der Waals surface area contributed by atoms with Crippen molar-refractivity contribution < 1.29 is 18.3 Å². The highest BCUT2D eigenvalue weighted by molar-refractivity contribution is 5.69. The zero-order valence-corrected chi connectivity index (χ0v) is 13.0. The fourth-order valence-electron chi connectivity index (χ4n) is 2.19. The second-order valence-electron chi connectivity index (χ2n) is 5.23. The molecule has 130 valence electrons. The number of benzene rings is 1. The number of hydrogen-bond donors (Lipinski definition) is 3. The Hall–Kier alpha value is -3.17. The predicted molar refractivity (Wildman–Crippen MR) is 82.6 cm³/mol. The second-order valence-corrected chi connectivity index (χ2v) is 5.23. The number of H-pyrrole nitrogens is 1. The molecule has 3 rings (SSSR count). The topological polar surface area (TPSA) is 99.6 Å². The molecule has 0 saturated carbocycles. The van der Waals surface area contributed by atoms with Gasteiger partial charge < -0.3 is 10.4 Å². The van der Waals surface area contributed by atoms with E-state index in [1.165, 1.54) is 0 Å². The molecule has 0 radical (unpaired) electrons. The first-order valence-corrected chi connectivity index (χ1v) is 7.18. The third-order valence-corrected chi connectivity index (χ3v) is 3.44. The molecular weight excluding hydrogens is 337 g/mol. The standard InChI is InChI=1S/C15H13F3N6O/c1-8-13(11-3-2-9(6-12(11)25)15(16,17)18)23-24-14(21-8)19-7-10-4-5-20-22-10/h2-6,25H,7H2,1H3,(H,20,22)(H,19,21,24). The molecule has 2 aromatic heterocycles. The molecule has 0 aliphatic heterocycles. The van der Waals surface area contributed by atoms with Crippen molar-refractivity contribution in [2.75, 3.05) is 5.32 Å². The van der Waals surface area contributed by atoms with Gasteiger partial charge >= 0.3 is 6.18 Å². The van der Waals surface area contributed by atoms with Crippen LogP contribution in [0.2, 0.25) is 0 Å². The van der Waals surface area contributed by atoms with Gasteiger partial charge in [-0.05, 0) is 31.2 Å². The van der Waals surface area contributed by atoms with E-state index in [-0.39, 0.29) is 17.2 Å². The van der Waals surface area contributed by atoms with E-state index in [0.717, 1.165) is 17.8 Å². The zero-order valence-electron chi connectivity index (χ0n) is 13.0. The lowest BCUT2D eigenvalue weighted by Crippen LogP contribution is -2.08. The number of phenols is 1. The molecule has 0 saturated heterocycles. The average Bonchev–Trinajstić information content (AvgIpc) is 3.06. The summed E-state index contributed by atoms with van der Waals surface area (Å²) in [6.07, 6.45) is -2.92. The van der Waals surface area contributed by atoms with Gasteiger partial charge in [0.05, 0.1) is 23.5 Å². The van der Waals surface area contributed by atoms with Crippen molar-refractivity contribution in [1.29, 1.82) is 0 Å². The number of aryl methyl sites for hydroxylation is 1. The molecule has 2 heterocycles. The Kier molecular flexibility index (Phi) is 4.26. The lowest BCUT2D eigenvalue weighted by atomic mass is 10.1. The third-order valence-electron chi connectivity index (χ3n) is 3.44. The van der Waals surface area contributed by atoms with Crippen molar-refractivity contribution in [3.63, 3.8) is 0 Å². The Morgan fingerprint density at radius 2 is 2.00 bits per heavy atom. The van der Waals surface area contributed by atoms with Crippen LogP contribution in [0.15, 0.2) is 30.5 Å². The van der Waals surface area contributed by atoms with Crippen LogP contribution < -0.4 is 5.32 Å². The molecule has 0 unspecified atom stereocenters. The largest absolute Gasteiger partial charge is 0.507 e. The summed E-state index contributed by atoms with van der Waals surface area (Å²) in [6, 6.07) is 4.46. The van der Waals surface area contributed by atoms with Crippen LogP contribution in [0.4, 0.5) is 19.1 Å². The molecule has 7 nitrogen and oxygen atoms in total. The van der Waals surface area contributed by atoms with E-state index in [1.54, 1.807) is 19.2 Å². The van der Waals surface area contributed by atoms with E-state index in [9.17, 15) is 18.3 Å². The summed E-state index contributed by atoms with van der Waals surface area (Å²) in [7, 11) is 0. The minimum atomic E-state index is -4.53. The highest BCUT2D eigenvalue weighted by Crippen LogP contribution is 2.36. The van der Waals surface area contributed by atoms with Gasteiger partial charge in [-0.2, -0.15) is 18.3 Å². The quantitative estimate of drug-likeness (QED) is 0.669. The number of hydrogen-bond acceptors (Lipinski definition) is 6. The van der Waals surface area contributed by atoms with Crippen molar-refractivity contribution in [3.05, 3.63) is 47.4 Å². The van der Waals surface area contributed by atoms with Crippen LogP contribution in [-0.2, 0) is 12.7 Å². The Morgan fingerprint density at radius 3 is 2.60 bits per heavy atom. The number of halogens is 3. The first-order valence-electron chi connectivity index (χ1n) is 7.18. The van der Waals surface area contributed by atoms with E-state index < -0.39 is 17.5 Å². The number of alkyl halides is 3. The third kappa shape index (κ3) is 3.67. The van der Waals surface area contributed by atoms with Crippen LogP contribution >= 0.6 is 0 Å². The van der Waals surface area contributed by atoms with E-state index in [4.69, 9.17) is 0 Å². The molecular formula is C15H13F3N6O. The minimum absolute atomic E-state index is 0.130. The fourth-order valence-corrected chi connectivity index (χ4v) is 2.19. The van der Waals surface area contributed by atoms with Gasteiger partial charge in [-0.15, -0.1) is 10.2 Å². The number of aromatic nitrogens is 5. The molecule has 25 heavy (non-hydrogen) atoms. The van der Waals surface area contributed by atoms with Gasteiger partial charge in [0.2, 0.25) is 5.95 Å². The Bertz CT molecular complexity index is 879. The fraction of sp³-hybridized carbons (Fsp3) is 0.200. The summed E-state index contributed by atoms with van der Waals surface area (Å²) in [5, 5.41) is 27.3. The normalized spacial score (nSPS) is 11.5. The summed E-state index contributed by atoms with van der Waals surface area (Å²) in [4.78, 5) is 4.21. The molecule has 1 aromatic carbocycles. The van der Waals surface area contributed by atoms with E-state index in [2.05, 4.69) is 30.7 Å². The lowest BCUT2D eigenvalue weighted by Gasteiger charge is -2.11. The number of rotatable bonds is 4. The van der Waals surface area contributed by atoms with Crippen LogP contribution in [0.3, 0.4) is 0 Å². The Labute approximate surface area is 140 Å². The number of nitrogens with one attached hydrogen (secondary N) is 2. The summed E-state index contributed by atoms with van der Waals surface area (Å²) >= 11 is 0. The second kappa shape index (κ2) is 6.38. The van der Waals surface area contributed by atoms with Crippen LogP contribution in [0, 0.1) is 6.92 Å². The van der Waals surface area contributed by atoms with E-state index in [0.29, 0.717) is 18.3 Å². The van der Waals surface area contributed by atoms with Gasteiger partial charge in [-0.3, -0.25) is 5.10 Å². The number of aromatic amines is 1. The smallest absolute Gasteiger partial charge is 0.416 e. The van der Waals surface area contributed by atoms with Crippen LogP contribution in [-0.4, -0.2) is 30.5 Å². The van der Waals surface area contributed by atoms with Gasteiger partial charge in [0.25, 0.3) is 0 Å². The summed E-state index contributed by atoms with van der Waals surface area (Å²) in [6.45, 7) is 2.04. The van der Waals surface area contributed by atoms with E-state index >= 15 is 0 Å². The molecule has 3 aromatic rings. The number of anilines is 1. The van der Waals surface area contributed by atoms with Crippen LogP contribution in [0.5, 0.6) is 5.75 Å².